The molecule has 3 aromatic heterocycles. The number of nitrogens with zero attached hydrogens (tertiary/aromatic N) is 3. The van der Waals surface area contributed by atoms with Crippen LogP contribution >= 0.6 is 11.3 Å². The molecule has 0 aliphatic rings. The Kier molecular flexibility index (Phi) is 3.08. The third kappa shape index (κ3) is 2.14. The van der Waals surface area contributed by atoms with Crippen LogP contribution in [0.4, 0.5) is 0 Å². The Balaban J connectivity index is 1.91. The van der Waals surface area contributed by atoms with Crippen molar-refractivity contribution in [3.05, 3.63) is 36.9 Å². The molecule has 0 saturated heterocycles. The number of rotatable bonds is 4. The molecule has 3 heterocycles. The molecule has 0 radical (unpaired) electrons. The van der Waals surface area contributed by atoms with Gasteiger partial charge in [-0.05, 0) is 18.2 Å². The molecule has 3 rings (SSSR count). The lowest BCUT2D eigenvalue weighted by Crippen LogP contribution is -2.00. The van der Waals surface area contributed by atoms with Gasteiger partial charge in [0, 0.05) is 26.0 Å². The molecule has 0 saturated carbocycles. The first-order valence-corrected chi connectivity index (χ1v) is 6.54. The standard InChI is InChI=1S/C13H13N3OS/c1-17-6-5-16-8-11(15-9-16)13-7-10-12(18-13)3-2-4-14-10/h2-4,7-9H,5-6H2,1H3. The SMILES string of the molecule is COCCn1cnc(-c2cc3ncccc3s2)c1. The van der Waals surface area contributed by atoms with Crippen molar-refractivity contribution >= 4 is 21.6 Å². The average molecular weight is 259 g/mol. The molecule has 0 atom stereocenters. The molecule has 0 unspecified atom stereocenters. The average Bonchev–Trinajstić information content (AvgIpc) is 3.02. The van der Waals surface area contributed by atoms with E-state index in [4.69, 9.17) is 4.74 Å². The third-order valence-corrected chi connectivity index (χ3v) is 3.84. The number of imidazole rings is 1. The Morgan fingerprint density at radius 2 is 2.33 bits per heavy atom. The van der Waals surface area contributed by atoms with Crippen LogP contribution in [0.2, 0.25) is 0 Å². The maximum absolute atomic E-state index is 5.05. The molecule has 0 N–H and O–H groups in total. The predicted molar refractivity (Wildman–Crippen MR) is 72.7 cm³/mol. The van der Waals surface area contributed by atoms with E-state index in [0.29, 0.717) is 6.61 Å². The highest BCUT2D eigenvalue weighted by Gasteiger charge is 2.07. The molecule has 0 aliphatic carbocycles. The molecule has 3 aromatic rings. The van der Waals surface area contributed by atoms with Crippen molar-refractivity contribution in [3.63, 3.8) is 0 Å². The zero-order chi connectivity index (χ0) is 12.4. The monoisotopic (exact) mass is 259 g/mol. The number of pyridine rings is 1. The van der Waals surface area contributed by atoms with Crippen molar-refractivity contribution in [2.45, 2.75) is 6.54 Å². The Morgan fingerprint density at radius 3 is 3.17 bits per heavy atom. The van der Waals surface area contributed by atoms with Gasteiger partial charge in [0.2, 0.25) is 0 Å². The van der Waals surface area contributed by atoms with Crippen molar-refractivity contribution in [1.82, 2.24) is 14.5 Å². The first kappa shape index (κ1) is 11.4. The minimum absolute atomic E-state index is 0.698. The van der Waals surface area contributed by atoms with Crippen molar-refractivity contribution in [2.75, 3.05) is 13.7 Å². The van der Waals surface area contributed by atoms with Crippen LogP contribution in [0.1, 0.15) is 0 Å². The third-order valence-electron chi connectivity index (χ3n) is 2.73. The summed E-state index contributed by atoms with van der Waals surface area (Å²) in [5, 5.41) is 0. The van der Waals surface area contributed by atoms with Gasteiger partial charge in [-0.1, -0.05) is 0 Å². The van der Waals surface area contributed by atoms with Crippen LogP contribution in [0, 0.1) is 0 Å². The number of fused-ring (bicyclic) bond motifs is 1. The van der Waals surface area contributed by atoms with Gasteiger partial charge in [0.15, 0.2) is 0 Å². The Hall–Kier alpha value is -1.72. The summed E-state index contributed by atoms with van der Waals surface area (Å²) in [7, 11) is 1.70. The van der Waals surface area contributed by atoms with E-state index in [2.05, 4.69) is 22.1 Å². The van der Waals surface area contributed by atoms with E-state index >= 15 is 0 Å². The highest BCUT2D eigenvalue weighted by molar-refractivity contribution is 7.22. The van der Waals surface area contributed by atoms with Crippen LogP contribution in [0.5, 0.6) is 0 Å². The number of hydrogen-bond acceptors (Lipinski definition) is 4. The van der Waals surface area contributed by atoms with Crippen molar-refractivity contribution < 1.29 is 4.74 Å². The number of ether oxygens (including phenoxy) is 1. The topological polar surface area (TPSA) is 39.9 Å². The first-order valence-electron chi connectivity index (χ1n) is 5.72. The van der Waals surface area contributed by atoms with Gasteiger partial charge < -0.3 is 9.30 Å². The van der Waals surface area contributed by atoms with E-state index in [9.17, 15) is 0 Å². The molecule has 0 aromatic carbocycles. The van der Waals surface area contributed by atoms with Crippen molar-refractivity contribution in [2.24, 2.45) is 0 Å². The minimum atomic E-state index is 0.698. The quantitative estimate of drug-likeness (QED) is 0.723. The second-order valence-electron chi connectivity index (χ2n) is 3.99. The minimum Gasteiger partial charge on any atom is -0.383 e. The smallest absolute Gasteiger partial charge is 0.0982 e. The lowest BCUT2D eigenvalue weighted by Gasteiger charge is -1.98. The fourth-order valence-corrected chi connectivity index (χ4v) is 2.78. The van der Waals surface area contributed by atoms with Gasteiger partial charge in [0.05, 0.1) is 33.7 Å². The van der Waals surface area contributed by atoms with Gasteiger partial charge in [0.25, 0.3) is 0 Å². The molecule has 0 spiro atoms. The summed E-state index contributed by atoms with van der Waals surface area (Å²) in [5.41, 5.74) is 2.03. The largest absolute Gasteiger partial charge is 0.383 e. The van der Waals surface area contributed by atoms with Crippen LogP contribution in [0.25, 0.3) is 20.8 Å². The molecule has 0 aliphatic heterocycles. The summed E-state index contributed by atoms with van der Waals surface area (Å²) in [4.78, 5) is 9.92. The van der Waals surface area contributed by atoms with Gasteiger partial charge in [-0.2, -0.15) is 0 Å². The van der Waals surface area contributed by atoms with Gasteiger partial charge in [0.1, 0.15) is 0 Å². The highest BCUT2D eigenvalue weighted by Crippen LogP contribution is 2.31. The normalized spacial score (nSPS) is 11.2. The van der Waals surface area contributed by atoms with Crippen LogP contribution < -0.4 is 0 Å². The highest BCUT2D eigenvalue weighted by atomic mass is 32.1. The van der Waals surface area contributed by atoms with Gasteiger partial charge >= 0.3 is 0 Å². The second kappa shape index (κ2) is 4.88. The summed E-state index contributed by atoms with van der Waals surface area (Å²) >= 11 is 1.72. The van der Waals surface area contributed by atoms with Crippen LogP contribution in [0.3, 0.4) is 0 Å². The summed E-state index contributed by atoms with van der Waals surface area (Å²) in [6.45, 7) is 1.52. The van der Waals surface area contributed by atoms with Crippen molar-refractivity contribution in [3.8, 4) is 10.6 Å². The summed E-state index contributed by atoms with van der Waals surface area (Å²) < 4.78 is 8.28. The summed E-state index contributed by atoms with van der Waals surface area (Å²) in [6, 6.07) is 6.13. The zero-order valence-electron chi connectivity index (χ0n) is 10.0. The predicted octanol–water partition coefficient (Wildman–Crippen LogP) is 2.81. The fraction of sp³-hybridized carbons (Fsp3) is 0.231. The zero-order valence-corrected chi connectivity index (χ0v) is 10.9. The second-order valence-corrected chi connectivity index (χ2v) is 5.07. The number of thiophene rings is 1. The van der Waals surface area contributed by atoms with Gasteiger partial charge in [-0.3, -0.25) is 4.98 Å². The molecule has 0 bridgehead atoms. The maximum Gasteiger partial charge on any atom is 0.0982 e. The summed E-state index contributed by atoms with van der Waals surface area (Å²) in [5.74, 6) is 0. The van der Waals surface area contributed by atoms with E-state index < -0.39 is 0 Å². The lowest BCUT2D eigenvalue weighted by atomic mass is 10.3. The fourth-order valence-electron chi connectivity index (χ4n) is 1.80. The lowest BCUT2D eigenvalue weighted by molar-refractivity contribution is 0.187. The van der Waals surface area contributed by atoms with E-state index in [1.165, 1.54) is 4.70 Å². The number of aromatic nitrogens is 3. The molecule has 4 nitrogen and oxygen atoms in total. The molecular weight excluding hydrogens is 246 g/mol. The number of methoxy groups -OCH3 is 1. The van der Waals surface area contributed by atoms with Gasteiger partial charge in [-0.15, -0.1) is 11.3 Å². The summed E-state index contributed by atoms with van der Waals surface area (Å²) in [6.07, 6.45) is 5.70. The molecule has 5 heteroatoms. The molecule has 0 fully saturated rings. The molecular formula is C13H13N3OS. The Morgan fingerprint density at radius 1 is 1.39 bits per heavy atom. The maximum atomic E-state index is 5.05. The van der Waals surface area contributed by atoms with Crippen LogP contribution in [0.15, 0.2) is 36.9 Å². The van der Waals surface area contributed by atoms with E-state index in [1.807, 2.05) is 29.4 Å². The molecule has 92 valence electrons. The Labute approximate surface area is 109 Å². The number of hydrogen-bond donors (Lipinski definition) is 0. The Bertz CT molecular complexity index is 626. The van der Waals surface area contributed by atoms with Crippen LogP contribution in [-0.4, -0.2) is 28.3 Å². The van der Waals surface area contributed by atoms with Gasteiger partial charge in [-0.25, -0.2) is 4.98 Å². The molecule has 18 heavy (non-hydrogen) atoms. The van der Waals surface area contributed by atoms with E-state index in [0.717, 1.165) is 22.6 Å². The first-order chi connectivity index (χ1) is 8.86. The van der Waals surface area contributed by atoms with Crippen molar-refractivity contribution in [1.29, 1.82) is 0 Å². The van der Waals surface area contributed by atoms with E-state index in [-0.39, 0.29) is 0 Å². The molecule has 0 amide bonds. The van der Waals surface area contributed by atoms with E-state index in [1.54, 1.807) is 18.4 Å². The van der Waals surface area contributed by atoms with Crippen LogP contribution in [-0.2, 0) is 11.3 Å².